The third-order valence-corrected chi connectivity index (χ3v) is 6.47. The zero-order valence-corrected chi connectivity index (χ0v) is 17.3. The van der Waals surface area contributed by atoms with Gasteiger partial charge in [-0.05, 0) is 48.4 Å². The van der Waals surface area contributed by atoms with Gasteiger partial charge < -0.3 is 13.9 Å². The molecule has 7 nitrogen and oxygen atoms in total. The Balaban J connectivity index is 1.18. The van der Waals surface area contributed by atoms with Crippen molar-refractivity contribution >= 4 is 11.6 Å². The molecule has 2 aliphatic rings. The molecule has 2 fully saturated rings. The van der Waals surface area contributed by atoms with Crippen molar-refractivity contribution in [2.45, 2.75) is 25.8 Å². The first kappa shape index (κ1) is 18.3. The fourth-order valence-corrected chi connectivity index (χ4v) is 4.56. The second-order valence-corrected chi connectivity index (χ2v) is 8.71. The van der Waals surface area contributed by atoms with Crippen LogP contribution in [0.3, 0.4) is 0 Å². The fraction of sp³-hybridized carbons (Fsp3) is 0.333. The molecule has 1 aliphatic carbocycles. The van der Waals surface area contributed by atoms with Crippen LogP contribution in [0.1, 0.15) is 19.3 Å². The molecular formula is C24H24N6O. The zero-order chi connectivity index (χ0) is 20.8. The minimum Gasteiger partial charge on any atom is -0.342 e. The Morgan fingerprint density at radius 2 is 1.84 bits per heavy atom. The van der Waals surface area contributed by atoms with Crippen LogP contribution >= 0.6 is 0 Å². The summed E-state index contributed by atoms with van der Waals surface area (Å²) >= 11 is 0. The largest absolute Gasteiger partial charge is 0.342 e. The number of fused-ring (bicyclic) bond motifs is 1. The molecule has 0 N–H and O–H groups in total. The van der Waals surface area contributed by atoms with Gasteiger partial charge in [0.05, 0.1) is 0 Å². The van der Waals surface area contributed by atoms with Crippen molar-refractivity contribution < 1.29 is 4.79 Å². The van der Waals surface area contributed by atoms with Crippen LogP contribution in [0, 0.1) is 11.8 Å². The summed E-state index contributed by atoms with van der Waals surface area (Å²) in [5, 5.41) is 8.54. The molecule has 0 radical (unpaired) electrons. The average Bonchev–Trinajstić information content (AvgIpc) is 3.17. The first-order chi connectivity index (χ1) is 15.2. The number of aromatic nitrogens is 5. The zero-order valence-electron chi connectivity index (χ0n) is 17.3. The minimum atomic E-state index is 0.303. The summed E-state index contributed by atoms with van der Waals surface area (Å²) in [6.45, 7) is 2.57. The van der Waals surface area contributed by atoms with Crippen LogP contribution in [-0.2, 0) is 11.3 Å². The molecule has 1 saturated carbocycles. The Bertz CT molecular complexity index is 1240. The maximum atomic E-state index is 12.3. The van der Waals surface area contributed by atoms with Gasteiger partial charge >= 0.3 is 0 Å². The summed E-state index contributed by atoms with van der Waals surface area (Å²) in [6.07, 6.45) is 10.8. The molecule has 3 aromatic heterocycles. The molecule has 6 rings (SSSR count). The number of likely N-dealkylation sites (tertiary alicyclic amines) is 1. The summed E-state index contributed by atoms with van der Waals surface area (Å²) in [6, 6.07) is 12.6. The van der Waals surface area contributed by atoms with Gasteiger partial charge in [0.25, 0.3) is 0 Å². The normalized spacial score (nSPS) is 18.7. The lowest BCUT2D eigenvalue weighted by Gasteiger charge is -2.17. The number of carbonyl (C=O) groups is 1. The quantitative estimate of drug-likeness (QED) is 0.503. The number of imidazole rings is 1. The summed E-state index contributed by atoms with van der Waals surface area (Å²) in [5.74, 6) is 1.99. The first-order valence-electron chi connectivity index (χ1n) is 10.9. The molecule has 1 aliphatic heterocycles. The number of hydrogen-bond donors (Lipinski definition) is 0. The lowest BCUT2D eigenvalue weighted by atomic mass is 10.0. The van der Waals surface area contributed by atoms with Gasteiger partial charge in [0.2, 0.25) is 5.91 Å². The average molecular weight is 412 g/mol. The molecule has 1 amide bonds. The van der Waals surface area contributed by atoms with Gasteiger partial charge in [0.15, 0.2) is 5.82 Å². The lowest BCUT2D eigenvalue weighted by molar-refractivity contribution is -0.131. The fourth-order valence-electron chi connectivity index (χ4n) is 4.56. The van der Waals surface area contributed by atoms with Gasteiger partial charge in [-0.3, -0.25) is 4.79 Å². The molecule has 31 heavy (non-hydrogen) atoms. The van der Waals surface area contributed by atoms with Crippen LogP contribution in [0.15, 0.2) is 61.3 Å². The number of nitrogens with zero attached hydrogens (tertiary/aromatic N) is 6. The minimum absolute atomic E-state index is 0.303. The molecule has 4 heterocycles. The molecule has 0 unspecified atom stereocenters. The van der Waals surface area contributed by atoms with Crippen molar-refractivity contribution in [1.29, 1.82) is 0 Å². The van der Waals surface area contributed by atoms with Gasteiger partial charge in [-0.15, -0.1) is 10.2 Å². The molecule has 0 spiro atoms. The molecule has 1 aromatic carbocycles. The molecule has 7 heteroatoms. The third kappa shape index (κ3) is 3.50. The van der Waals surface area contributed by atoms with E-state index < -0.39 is 0 Å². The number of pyridine rings is 1. The molecular weight excluding hydrogens is 388 g/mol. The van der Waals surface area contributed by atoms with E-state index in [1.54, 1.807) is 12.5 Å². The van der Waals surface area contributed by atoms with E-state index in [1.807, 2.05) is 16.8 Å². The predicted octanol–water partition coefficient (Wildman–Crippen LogP) is 3.52. The monoisotopic (exact) mass is 412 g/mol. The molecule has 156 valence electrons. The summed E-state index contributed by atoms with van der Waals surface area (Å²) in [4.78, 5) is 18.8. The van der Waals surface area contributed by atoms with Crippen molar-refractivity contribution in [3.05, 3.63) is 61.3 Å². The van der Waals surface area contributed by atoms with Gasteiger partial charge in [0.1, 0.15) is 12.0 Å². The Morgan fingerprint density at radius 1 is 1.00 bits per heavy atom. The van der Waals surface area contributed by atoms with E-state index >= 15 is 0 Å². The Morgan fingerprint density at radius 3 is 2.68 bits per heavy atom. The van der Waals surface area contributed by atoms with E-state index in [4.69, 9.17) is 0 Å². The van der Waals surface area contributed by atoms with Crippen LogP contribution in [0.4, 0.5) is 0 Å². The second kappa shape index (κ2) is 7.34. The highest BCUT2D eigenvalue weighted by Crippen LogP contribution is 2.33. The number of benzene rings is 1. The van der Waals surface area contributed by atoms with Crippen molar-refractivity contribution in [2.24, 2.45) is 11.8 Å². The van der Waals surface area contributed by atoms with Gasteiger partial charge in [-0.25, -0.2) is 4.98 Å². The Hall–Kier alpha value is -3.48. The van der Waals surface area contributed by atoms with Crippen molar-refractivity contribution in [2.75, 3.05) is 13.1 Å². The van der Waals surface area contributed by atoms with Crippen molar-refractivity contribution in [3.63, 3.8) is 0 Å². The highest BCUT2D eigenvalue weighted by molar-refractivity contribution is 5.81. The smallest absolute Gasteiger partial charge is 0.225 e. The molecule has 1 saturated heterocycles. The molecule has 4 aromatic rings. The van der Waals surface area contributed by atoms with Crippen LogP contribution < -0.4 is 0 Å². The maximum Gasteiger partial charge on any atom is 0.225 e. The standard InChI is InChI=1S/C24H24N6O/c31-24(20-5-6-20)29-10-7-17(14-29)15-30-16-26-27-23(30)19-3-1-18(2-4-19)21-8-11-28-12-9-25-22(28)13-21/h1-4,8-9,11-13,16-17,20H,5-7,10,14-15H2/t17-/m0/s1. The van der Waals surface area contributed by atoms with Crippen LogP contribution in [0.5, 0.6) is 0 Å². The Labute approximate surface area is 180 Å². The second-order valence-electron chi connectivity index (χ2n) is 8.71. The maximum absolute atomic E-state index is 12.3. The van der Waals surface area contributed by atoms with Gasteiger partial charge in [-0.2, -0.15) is 0 Å². The molecule has 1 atom stereocenters. The van der Waals surface area contributed by atoms with E-state index in [0.717, 1.165) is 67.1 Å². The Kier molecular flexibility index (Phi) is 4.33. The van der Waals surface area contributed by atoms with Gasteiger partial charge in [0, 0.05) is 49.7 Å². The lowest BCUT2D eigenvalue weighted by Crippen LogP contribution is -2.30. The summed E-state index contributed by atoms with van der Waals surface area (Å²) in [7, 11) is 0. The van der Waals surface area contributed by atoms with Gasteiger partial charge in [-0.1, -0.05) is 24.3 Å². The van der Waals surface area contributed by atoms with E-state index in [0.29, 0.717) is 17.7 Å². The molecule has 0 bridgehead atoms. The van der Waals surface area contributed by atoms with E-state index in [2.05, 4.69) is 61.0 Å². The highest BCUT2D eigenvalue weighted by atomic mass is 16.2. The number of amides is 1. The van der Waals surface area contributed by atoms with E-state index in [-0.39, 0.29) is 0 Å². The number of carbonyl (C=O) groups excluding carboxylic acids is 1. The van der Waals surface area contributed by atoms with Crippen LogP contribution in [-0.4, -0.2) is 48.0 Å². The van der Waals surface area contributed by atoms with Crippen molar-refractivity contribution in [1.82, 2.24) is 29.0 Å². The van der Waals surface area contributed by atoms with Crippen LogP contribution in [0.2, 0.25) is 0 Å². The third-order valence-electron chi connectivity index (χ3n) is 6.47. The van der Waals surface area contributed by atoms with Crippen LogP contribution in [0.25, 0.3) is 28.2 Å². The summed E-state index contributed by atoms with van der Waals surface area (Å²) in [5.41, 5.74) is 4.27. The van der Waals surface area contributed by atoms with E-state index in [1.165, 1.54) is 0 Å². The predicted molar refractivity (Wildman–Crippen MR) is 117 cm³/mol. The number of hydrogen-bond acceptors (Lipinski definition) is 4. The number of rotatable bonds is 5. The first-order valence-corrected chi connectivity index (χ1v) is 10.9. The van der Waals surface area contributed by atoms with Crippen molar-refractivity contribution in [3.8, 4) is 22.5 Å². The SMILES string of the molecule is O=C(C1CC1)N1CC[C@H](Cn2cnnc2-c2ccc(-c3ccn4ccnc4c3)cc2)C1. The summed E-state index contributed by atoms with van der Waals surface area (Å²) < 4.78 is 4.13. The highest BCUT2D eigenvalue weighted by Gasteiger charge is 2.36. The van der Waals surface area contributed by atoms with E-state index in [9.17, 15) is 4.79 Å². The topological polar surface area (TPSA) is 68.3 Å².